The standard InChI is InChI=1S/C13H18N2O2/c1-9-7-11(16)4-5-12(9)13(17)15-6-2-3-10(14)8-15/h4-5,7,10,16H,2-3,6,8,14H2,1H3. The first-order chi connectivity index (χ1) is 8.08. The molecule has 0 aliphatic carbocycles. The minimum atomic E-state index is 0.0117. The number of rotatable bonds is 1. The van der Waals surface area contributed by atoms with Crippen LogP contribution in [0.4, 0.5) is 0 Å². The van der Waals surface area contributed by atoms with Crippen LogP contribution in [0.3, 0.4) is 0 Å². The first-order valence-corrected chi connectivity index (χ1v) is 5.92. The predicted octanol–water partition coefficient (Wildman–Crippen LogP) is 1.26. The molecule has 1 fully saturated rings. The summed E-state index contributed by atoms with van der Waals surface area (Å²) < 4.78 is 0. The van der Waals surface area contributed by atoms with E-state index >= 15 is 0 Å². The van der Waals surface area contributed by atoms with Crippen LogP contribution in [0.25, 0.3) is 0 Å². The maximum absolute atomic E-state index is 12.3. The van der Waals surface area contributed by atoms with E-state index in [1.54, 1.807) is 23.1 Å². The molecule has 3 N–H and O–H groups in total. The summed E-state index contributed by atoms with van der Waals surface area (Å²) in [5.74, 6) is 0.201. The lowest BCUT2D eigenvalue weighted by Gasteiger charge is -2.31. The maximum atomic E-state index is 12.3. The number of carbonyl (C=O) groups excluding carboxylic acids is 1. The van der Waals surface area contributed by atoms with E-state index in [0.29, 0.717) is 12.1 Å². The van der Waals surface area contributed by atoms with E-state index in [9.17, 15) is 9.90 Å². The number of likely N-dealkylation sites (tertiary alicyclic amines) is 1. The van der Waals surface area contributed by atoms with Gasteiger partial charge in [0, 0.05) is 24.7 Å². The summed E-state index contributed by atoms with van der Waals surface area (Å²) >= 11 is 0. The number of amides is 1. The molecule has 0 bridgehead atoms. The maximum Gasteiger partial charge on any atom is 0.254 e. The third kappa shape index (κ3) is 2.58. The second-order valence-electron chi connectivity index (χ2n) is 4.65. The van der Waals surface area contributed by atoms with Gasteiger partial charge < -0.3 is 15.7 Å². The van der Waals surface area contributed by atoms with Gasteiger partial charge in [0.05, 0.1) is 0 Å². The Balaban J connectivity index is 2.18. The summed E-state index contributed by atoms with van der Waals surface area (Å²) in [4.78, 5) is 14.1. The molecule has 2 rings (SSSR count). The highest BCUT2D eigenvalue weighted by Crippen LogP contribution is 2.19. The fourth-order valence-corrected chi connectivity index (χ4v) is 2.25. The van der Waals surface area contributed by atoms with Crippen molar-refractivity contribution in [3.05, 3.63) is 29.3 Å². The molecule has 1 aliphatic heterocycles. The highest BCUT2D eigenvalue weighted by atomic mass is 16.3. The van der Waals surface area contributed by atoms with Crippen LogP contribution in [0.1, 0.15) is 28.8 Å². The van der Waals surface area contributed by atoms with Crippen LogP contribution in [-0.4, -0.2) is 35.0 Å². The number of nitrogens with zero attached hydrogens (tertiary/aromatic N) is 1. The van der Waals surface area contributed by atoms with Gasteiger partial charge in [-0.05, 0) is 43.5 Å². The number of hydrogen-bond acceptors (Lipinski definition) is 3. The summed E-state index contributed by atoms with van der Waals surface area (Å²) in [6, 6.07) is 4.92. The van der Waals surface area contributed by atoms with Crippen LogP contribution < -0.4 is 5.73 Å². The van der Waals surface area contributed by atoms with Gasteiger partial charge in [-0.25, -0.2) is 0 Å². The molecular formula is C13H18N2O2. The monoisotopic (exact) mass is 234 g/mol. The molecular weight excluding hydrogens is 216 g/mol. The van der Waals surface area contributed by atoms with Crippen molar-refractivity contribution < 1.29 is 9.90 Å². The number of piperidine rings is 1. The van der Waals surface area contributed by atoms with Crippen LogP contribution >= 0.6 is 0 Å². The Morgan fingerprint density at radius 3 is 2.94 bits per heavy atom. The summed E-state index contributed by atoms with van der Waals surface area (Å²) in [6.45, 7) is 3.23. The molecule has 92 valence electrons. The van der Waals surface area contributed by atoms with Gasteiger partial charge >= 0.3 is 0 Å². The van der Waals surface area contributed by atoms with Crippen molar-refractivity contribution in [1.29, 1.82) is 0 Å². The van der Waals surface area contributed by atoms with Crippen LogP contribution in [0.2, 0.25) is 0 Å². The van der Waals surface area contributed by atoms with Crippen molar-refractivity contribution in [2.45, 2.75) is 25.8 Å². The number of benzene rings is 1. The molecule has 1 atom stereocenters. The molecule has 4 heteroatoms. The number of hydrogen-bond donors (Lipinski definition) is 2. The zero-order valence-corrected chi connectivity index (χ0v) is 10.0. The molecule has 1 aromatic carbocycles. The number of aryl methyl sites for hydroxylation is 1. The molecule has 4 nitrogen and oxygen atoms in total. The number of nitrogens with two attached hydrogens (primary N) is 1. The van der Waals surface area contributed by atoms with Gasteiger partial charge in [-0.2, -0.15) is 0 Å². The van der Waals surface area contributed by atoms with Gasteiger partial charge in [0.1, 0.15) is 5.75 Å². The van der Waals surface area contributed by atoms with E-state index in [-0.39, 0.29) is 17.7 Å². The fourth-order valence-electron chi connectivity index (χ4n) is 2.25. The Morgan fingerprint density at radius 2 is 2.29 bits per heavy atom. The van der Waals surface area contributed by atoms with Crippen molar-refractivity contribution in [1.82, 2.24) is 4.90 Å². The average molecular weight is 234 g/mol. The van der Waals surface area contributed by atoms with E-state index in [1.165, 1.54) is 0 Å². The topological polar surface area (TPSA) is 66.6 Å². The molecule has 1 saturated heterocycles. The van der Waals surface area contributed by atoms with Crippen LogP contribution in [0.5, 0.6) is 5.75 Å². The van der Waals surface area contributed by atoms with Gasteiger partial charge in [-0.15, -0.1) is 0 Å². The molecule has 17 heavy (non-hydrogen) atoms. The quantitative estimate of drug-likeness (QED) is 0.769. The largest absolute Gasteiger partial charge is 0.508 e. The van der Waals surface area contributed by atoms with E-state index in [4.69, 9.17) is 5.73 Å². The lowest BCUT2D eigenvalue weighted by molar-refractivity contribution is 0.0708. The summed E-state index contributed by atoms with van der Waals surface area (Å²) in [5, 5.41) is 9.33. The molecule has 1 heterocycles. The van der Waals surface area contributed by atoms with Crippen molar-refractivity contribution in [2.24, 2.45) is 5.73 Å². The van der Waals surface area contributed by atoms with Crippen molar-refractivity contribution >= 4 is 5.91 Å². The molecule has 0 spiro atoms. The molecule has 1 amide bonds. The second-order valence-corrected chi connectivity index (χ2v) is 4.65. The highest BCUT2D eigenvalue weighted by Gasteiger charge is 2.23. The number of carbonyl (C=O) groups is 1. The van der Waals surface area contributed by atoms with Gasteiger partial charge in [0.25, 0.3) is 5.91 Å². The lowest BCUT2D eigenvalue weighted by atomic mass is 10.0. The first-order valence-electron chi connectivity index (χ1n) is 5.92. The third-order valence-corrected chi connectivity index (χ3v) is 3.19. The zero-order chi connectivity index (χ0) is 12.4. The van der Waals surface area contributed by atoms with Gasteiger partial charge in [0.2, 0.25) is 0 Å². The SMILES string of the molecule is Cc1cc(O)ccc1C(=O)N1CCCC(N)C1. The molecule has 1 aliphatic rings. The van der Waals surface area contributed by atoms with Crippen LogP contribution in [0.15, 0.2) is 18.2 Å². The van der Waals surface area contributed by atoms with E-state index < -0.39 is 0 Å². The van der Waals surface area contributed by atoms with E-state index in [1.807, 2.05) is 6.92 Å². The highest BCUT2D eigenvalue weighted by molar-refractivity contribution is 5.95. The third-order valence-electron chi connectivity index (χ3n) is 3.19. The summed E-state index contributed by atoms with van der Waals surface area (Å²) in [5.41, 5.74) is 7.32. The molecule has 0 saturated carbocycles. The zero-order valence-electron chi connectivity index (χ0n) is 10.0. The van der Waals surface area contributed by atoms with Crippen molar-refractivity contribution in [3.63, 3.8) is 0 Å². The Morgan fingerprint density at radius 1 is 1.53 bits per heavy atom. The Bertz CT molecular complexity index is 431. The average Bonchev–Trinajstić information content (AvgIpc) is 2.28. The molecule has 0 aromatic heterocycles. The van der Waals surface area contributed by atoms with Gasteiger partial charge in [-0.3, -0.25) is 4.79 Å². The number of phenols is 1. The van der Waals surface area contributed by atoms with E-state index in [0.717, 1.165) is 24.9 Å². The second kappa shape index (κ2) is 4.75. The van der Waals surface area contributed by atoms with Gasteiger partial charge in [-0.1, -0.05) is 0 Å². The Kier molecular flexibility index (Phi) is 3.33. The predicted molar refractivity (Wildman–Crippen MR) is 66.0 cm³/mol. The summed E-state index contributed by atoms with van der Waals surface area (Å²) in [7, 11) is 0. The van der Waals surface area contributed by atoms with Crippen LogP contribution in [0, 0.1) is 6.92 Å². The molecule has 1 unspecified atom stereocenters. The van der Waals surface area contributed by atoms with Crippen molar-refractivity contribution in [2.75, 3.05) is 13.1 Å². The van der Waals surface area contributed by atoms with Gasteiger partial charge in [0.15, 0.2) is 0 Å². The molecule has 1 aromatic rings. The lowest BCUT2D eigenvalue weighted by Crippen LogP contribution is -2.45. The smallest absolute Gasteiger partial charge is 0.254 e. The molecule has 0 radical (unpaired) electrons. The first kappa shape index (κ1) is 11.9. The summed E-state index contributed by atoms with van der Waals surface area (Å²) in [6.07, 6.45) is 1.95. The number of aromatic hydroxyl groups is 1. The Labute approximate surface area is 101 Å². The van der Waals surface area contributed by atoms with Crippen LogP contribution in [-0.2, 0) is 0 Å². The minimum absolute atomic E-state index is 0.0117. The van der Waals surface area contributed by atoms with E-state index in [2.05, 4.69) is 0 Å². The van der Waals surface area contributed by atoms with Crippen molar-refractivity contribution in [3.8, 4) is 5.75 Å². The number of phenolic OH excluding ortho intramolecular Hbond substituents is 1. The Hall–Kier alpha value is -1.55. The minimum Gasteiger partial charge on any atom is -0.508 e. The fraction of sp³-hybridized carbons (Fsp3) is 0.462. The normalized spacial score (nSPS) is 20.4.